The number of nitrogens with two attached hydrogens (primary N) is 1. The van der Waals surface area contributed by atoms with Gasteiger partial charge in [-0.25, -0.2) is 13.6 Å². The Morgan fingerprint density at radius 3 is 2.55 bits per heavy atom. The van der Waals surface area contributed by atoms with Gasteiger partial charge in [-0.1, -0.05) is 18.2 Å². The number of furan rings is 1. The van der Waals surface area contributed by atoms with Crippen molar-refractivity contribution in [2.24, 2.45) is 5.14 Å². The van der Waals surface area contributed by atoms with Gasteiger partial charge in [-0.15, -0.1) is 0 Å². The molecule has 2 aromatic heterocycles. The minimum atomic E-state index is -4.06. The molecule has 0 radical (unpaired) electrons. The molecule has 154 valence electrons. The molecule has 0 aliphatic rings. The zero-order valence-corrected chi connectivity index (χ0v) is 19.7. The summed E-state index contributed by atoms with van der Waals surface area (Å²) in [5.41, 5.74) is 2.16. The number of rotatable bonds is 7. The van der Waals surface area contributed by atoms with Crippen molar-refractivity contribution in [1.29, 1.82) is 0 Å². The largest absolute Gasteiger partial charge is 1.00 e. The summed E-state index contributed by atoms with van der Waals surface area (Å²) in [6.45, 7) is 0.366. The molecule has 4 aromatic rings. The van der Waals surface area contributed by atoms with Crippen LogP contribution in [0.3, 0.4) is 0 Å². The summed E-state index contributed by atoms with van der Waals surface area (Å²) >= 11 is 0. The number of hydrogen-bond donors (Lipinski definition) is 2. The van der Waals surface area contributed by atoms with E-state index in [2.05, 4.69) is 25.9 Å². The molecule has 10 nitrogen and oxygen atoms in total. The first-order valence-electron chi connectivity index (χ1n) is 8.88. The molecule has 0 unspecified atom stereocenters. The summed E-state index contributed by atoms with van der Waals surface area (Å²) in [5.74, 6) is 0.880. The van der Waals surface area contributed by atoms with E-state index < -0.39 is 10.0 Å². The fourth-order valence-electron chi connectivity index (χ4n) is 3.03. The molecule has 4 rings (SSSR count). The summed E-state index contributed by atoms with van der Waals surface area (Å²) in [4.78, 5) is 1.67. The molecule has 0 spiro atoms. The maximum Gasteiger partial charge on any atom is 1.00 e. The number of para-hydroxylation sites is 1. The van der Waals surface area contributed by atoms with Crippen molar-refractivity contribution in [1.82, 2.24) is 20.6 Å². The second kappa shape index (κ2) is 9.62. The number of sulfonamides is 1. The number of anilines is 3. The fraction of sp³-hybridized carbons (Fsp3) is 0.105. The number of tetrazole rings is 1. The molecule has 0 aliphatic heterocycles. The van der Waals surface area contributed by atoms with Crippen LogP contribution in [0.15, 0.2) is 70.2 Å². The van der Waals surface area contributed by atoms with Crippen molar-refractivity contribution in [2.45, 2.75) is 11.4 Å². The molecule has 2 heterocycles. The molecule has 31 heavy (non-hydrogen) atoms. The van der Waals surface area contributed by atoms with Gasteiger partial charge in [-0.05, 0) is 36.4 Å². The maximum atomic E-state index is 12.4. The van der Waals surface area contributed by atoms with Crippen LogP contribution in [0, 0.1) is 0 Å². The Balaban J connectivity index is 0.00000272. The molecule has 0 bridgehead atoms. The molecule has 2 aromatic carbocycles. The normalized spacial score (nSPS) is 11.0. The third kappa shape index (κ3) is 5.14. The van der Waals surface area contributed by atoms with Crippen molar-refractivity contribution in [3.8, 4) is 11.4 Å². The first-order chi connectivity index (χ1) is 14.4. The van der Waals surface area contributed by atoms with Gasteiger partial charge in [0.15, 0.2) is 0 Å². The third-order valence-corrected chi connectivity index (χ3v) is 5.44. The quantitative estimate of drug-likeness (QED) is 0.345. The van der Waals surface area contributed by atoms with Gasteiger partial charge in [-0.2, -0.15) is 5.21 Å². The van der Waals surface area contributed by atoms with Crippen LogP contribution in [0.2, 0.25) is 0 Å². The van der Waals surface area contributed by atoms with E-state index in [1.54, 1.807) is 30.3 Å². The van der Waals surface area contributed by atoms with E-state index in [0.717, 1.165) is 5.69 Å². The van der Waals surface area contributed by atoms with E-state index >= 15 is 0 Å². The van der Waals surface area contributed by atoms with Crippen molar-refractivity contribution < 1.29 is 42.4 Å². The van der Waals surface area contributed by atoms with Gasteiger partial charge >= 0.3 is 29.6 Å². The SMILES string of the molecule is CN(c1ccccc1)c1cc(NCc2ccco2)c(-c2nnn[n-]2)cc1S(N)(=O)=O.[Na+]. The average molecular weight is 447 g/mol. The van der Waals surface area contributed by atoms with Crippen LogP contribution in [-0.4, -0.2) is 31.0 Å². The molecular weight excluding hydrogens is 429 g/mol. The zero-order chi connectivity index (χ0) is 21.1. The topological polar surface area (TPSA) is 141 Å². The van der Waals surface area contributed by atoms with Gasteiger partial charge in [0.25, 0.3) is 0 Å². The first kappa shape index (κ1) is 23.0. The van der Waals surface area contributed by atoms with Crippen LogP contribution in [0.25, 0.3) is 11.4 Å². The molecule has 0 fully saturated rings. The summed E-state index contributed by atoms with van der Waals surface area (Å²) in [6.07, 6.45) is 1.57. The standard InChI is InChI=1S/C19H18N7O3S.Na/c1-26(13-6-3-2-4-7-13)17-11-16(21-12-14-8-5-9-29-14)15(19-22-24-25-23-19)10-18(17)30(20,27)28;/h2-11,21H,12H2,1H3,(H2-,20,22,23,24,25,27,28);/q-1;+1. The predicted molar refractivity (Wildman–Crippen MR) is 110 cm³/mol. The Kier molecular flexibility index (Phi) is 7.13. The first-order valence-corrected chi connectivity index (χ1v) is 10.4. The third-order valence-electron chi connectivity index (χ3n) is 4.50. The number of primary sulfonamides is 1. The maximum absolute atomic E-state index is 12.4. The molecule has 0 saturated heterocycles. The summed E-state index contributed by atoms with van der Waals surface area (Å²) in [7, 11) is -2.30. The fourth-order valence-corrected chi connectivity index (χ4v) is 3.80. The number of nitrogens with one attached hydrogen (secondary N) is 1. The Morgan fingerprint density at radius 1 is 1.16 bits per heavy atom. The van der Waals surface area contributed by atoms with Crippen LogP contribution in [0.4, 0.5) is 17.1 Å². The van der Waals surface area contributed by atoms with Crippen molar-refractivity contribution in [3.05, 3.63) is 66.6 Å². The van der Waals surface area contributed by atoms with E-state index in [0.29, 0.717) is 29.2 Å². The van der Waals surface area contributed by atoms with E-state index in [4.69, 9.17) is 9.56 Å². The van der Waals surface area contributed by atoms with Gasteiger partial charge < -0.3 is 19.7 Å². The predicted octanol–water partition coefficient (Wildman–Crippen LogP) is -0.880. The van der Waals surface area contributed by atoms with Gasteiger partial charge in [0.05, 0.1) is 18.5 Å². The van der Waals surface area contributed by atoms with Crippen molar-refractivity contribution >= 4 is 27.1 Å². The van der Waals surface area contributed by atoms with Crippen LogP contribution >= 0.6 is 0 Å². The molecule has 0 saturated carbocycles. The van der Waals surface area contributed by atoms with Gasteiger partial charge in [0.2, 0.25) is 10.0 Å². The van der Waals surface area contributed by atoms with Gasteiger partial charge in [0, 0.05) is 29.8 Å². The molecule has 12 heteroatoms. The van der Waals surface area contributed by atoms with Crippen LogP contribution < -0.4 is 50.0 Å². The second-order valence-electron chi connectivity index (χ2n) is 6.44. The minimum Gasteiger partial charge on any atom is -0.467 e. The molecule has 0 amide bonds. The van der Waals surface area contributed by atoms with E-state index in [-0.39, 0.29) is 40.3 Å². The van der Waals surface area contributed by atoms with Crippen LogP contribution in [0.5, 0.6) is 0 Å². The van der Waals surface area contributed by atoms with Crippen molar-refractivity contribution in [3.63, 3.8) is 0 Å². The molecular formula is C19H18N7NaO3S. The Bertz CT molecular complexity index is 1230. The number of nitrogens with zero attached hydrogens (tertiary/aromatic N) is 5. The van der Waals surface area contributed by atoms with E-state index in [1.165, 1.54) is 6.07 Å². The number of hydrogen-bond acceptors (Lipinski definition) is 8. The Hall–Kier alpha value is -2.70. The number of aromatic nitrogens is 4. The van der Waals surface area contributed by atoms with Gasteiger partial charge in [0.1, 0.15) is 10.7 Å². The number of benzene rings is 2. The smallest absolute Gasteiger partial charge is 0.467 e. The Morgan fingerprint density at radius 2 is 1.94 bits per heavy atom. The zero-order valence-electron chi connectivity index (χ0n) is 16.9. The second-order valence-corrected chi connectivity index (χ2v) is 7.97. The van der Waals surface area contributed by atoms with Crippen molar-refractivity contribution in [2.75, 3.05) is 17.3 Å². The monoisotopic (exact) mass is 447 g/mol. The Labute approximate surface area is 201 Å². The van der Waals surface area contributed by atoms with Gasteiger partial charge in [-0.3, -0.25) is 10.3 Å². The van der Waals surface area contributed by atoms with E-state index in [1.807, 2.05) is 36.4 Å². The summed E-state index contributed by atoms with van der Waals surface area (Å²) < 4.78 is 30.2. The molecule has 0 atom stereocenters. The van der Waals surface area contributed by atoms with Crippen LogP contribution in [0.1, 0.15) is 5.76 Å². The average Bonchev–Trinajstić information content (AvgIpc) is 3.45. The molecule has 0 aliphatic carbocycles. The minimum absolute atomic E-state index is 0. The van der Waals surface area contributed by atoms with Crippen LogP contribution in [-0.2, 0) is 16.6 Å². The summed E-state index contributed by atoms with van der Waals surface area (Å²) in [5, 5.41) is 23.5. The summed E-state index contributed by atoms with van der Waals surface area (Å²) in [6, 6.07) is 16.0. The van der Waals surface area contributed by atoms with E-state index in [9.17, 15) is 8.42 Å². The molecule has 3 N–H and O–H groups in total.